The van der Waals surface area contributed by atoms with Crippen LogP contribution in [0.5, 0.6) is 0 Å². The number of hydrogen-bond acceptors (Lipinski definition) is 6. The smallest absolute Gasteiger partial charge is 0.306 e. The van der Waals surface area contributed by atoms with Crippen LogP contribution in [-0.2, 0) is 28.6 Å². The van der Waals surface area contributed by atoms with Crippen molar-refractivity contribution in [2.24, 2.45) is 0 Å². The first-order valence-electron chi connectivity index (χ1n) is 31.7. The second-order valence-electron chi connectivity index (χ2n) is 20.9. The maximum absolute atomic E-state index is 12.9. The van der Waals surface area contributed by atoms with E-state index < -0.39 is 6.10 Å². The molecule has 0 spiro atoms. The van der Waals surface area contributed by atoms with Crippen molar-refractivity contribution < 1.29 is 28.6 Å². The molecule has 0 saturated carbocycles. The molecule has 6 nitrogen and oxygen atoms in total. The van der Waals surface area contributed by atoms with Crippen LogP contribution in [0, 0.1) is 0 Å². The van der Waals surface area contributed by atoms with Crippen LogP contribution in [0.1, 0.15) is 303 Å². The first-order chi connectivity index (χ1) is 37.0. The predicted molar refractivity (Wildman–Crippen MR) is 325 cm³/mol. The average Bonchev–Trinajstić information content (AvgIpc) is 3.41. The van der Waals surface area contributed by atoms with E-state index in [4.69, 9.17) is 14.2 Å². The van der Waals surface area contributed by atoms with E-state index in [1.165, 1.54) is 141 Å². The molecule has 0 rings (SSSR count). The number of ether oxygens (including phenoxy) is 3. The molecule has 0 aromatic heterocycles. The third-order valence-electron chi connectivity index (χ3n) is 13.6. The van der Waals surface area contributed by atoms with Crippen LogP contribution >= 0.6 is 0 Å². The Morgan fingerprint density at radius 2 is 0.520 bits per heavy atom. The number of allylic oxidation sites excluding steroid dienone is 16. The average molecular weight is 1040 g/mol. The molecule has 6 heteroatoms. The zero-order valence-electron chi connectivity index (χ0n) is 49.3. The molecule has 1 unspecified atom stereocenters. The van der Waals surface area contributed by atoms with Crippen molar-refractivity contribution in [1.82, 2.24) is 0 Å². The maximum Gasteiger partial charge on any atom is 0.306 e. The van der Waals surface area contributed by atoms with Crippen molar-refractivity contribution in [2.75, 3.05) is 13.2 Å². The van der Waals surface area contributed by atoms with Gasteiger partial charge in [0, 0.05) is 19.3 Å². The molecule has 0 aromatic rings. The number of carbonyl (C=O) groups is 3. The minimum atomic E-state index is -0.789. The fraction of sp³-hybridized carbons (Fsp3) is 0.725. The van der Waals surface area contributed by atoms with E-state index in [1.54, 1.807) is 0 Å². The van der Waals surface area contributed by atoms with Gasteiger partial charge in [0.05, 0.1) is 0 Å². The molecule has 0 N–H and O–H groups in total. The summed E-state index contributed by atoms with van der Waals surface area (Å²) < 4.78 is 16.9. The fourth-order valence-corrected chi connectivity index (χ4v) is 8.86. The quantitative estimate of drug-likeness (QED) is 0.0261. The number of carbonyl (C=O) groups excluding carboxylic acids is 3. The van der Waals surface area contributed by atoms with Crippen LogP contribution in [0.3, 0.4) is 0 Å². The Kier molecular flexibility index (Phi) is 59.8. The highest BCUT2D eigenvalue weighted by Gasteiger charge is 2.19. The first kappa shape index (κ1) is 71.3. The predicted octanol–water partition coefficient (Wildman–Crippen LogP) is 21.7. The van der Waals surface area contributed by atoms with E-state index in [1.807, 2.05) is 0 Å². The molecule has 0 fully saturated rings. The monoisotopic (exact) mass is 1040 g/mol. The van der Waals surface area contributed by atoms with Crippen LogP contribution in [0.2, 0.25) is 0 Å². The molecule has 0 amide bonds. The summed E-state index contributed by atoms with van der Waals surface area (Å²) in [6.45, 7) is 6.42. The van der Waals surface area contributed by atoms with Crippen molar-refractivity contribution in [3.63, 3.8) is 0 Å². The van der Waals surface area contributed by atoms with Gasteiger partial charge >= 0.3 is 17.9 Å². The molecule has 430 valence electrons. The molecule has 0 aliphatic heterocycles. The van der Waals surface area contributed by atoms with Gasteiger partial charge in [0.1, 0.15) is 13.2 Å². The standard InChI is InChI=1S/C69H118O6/c1-4-7-10-13-16-19-22-25-28-30-32-33-34-35-37-38-41-44-47-50-53-56-59-62-68(71)74-65-66(64-73-67(70)61-58-55-52-49-46-43-40-27-24-21-18-15-12-9-6-3)75-69(72)63-60-57-54-51-48-45-42-39-36-31-29-26-23-20-17-14-11-8-5-2/h7,9-10,12,16,18-19,21,25-29,32-33,40,66H,4-6,8,11,13-15,17,20,22-24,30-31,34-39,41-65H2,1-3H3/b10-7-,12-9-,19-16-,21-18-,28-25-,29-26-,33-32-,40-27-. The second kappa shape index (κ2) is 62.9. The molecule has 0 aromatic carbocycles. The summed E-state index contributed by atoms with van der Waals surface area (Å²) >= 11 is 0. The fourth-order valence-electron chi connectivity index (χ4n) is 8.86. The van der Waals surface area contributed by atoms with Crippen molar-refractivity contribution >= 4 is 17.9 Å². The molecule has 75 heavy (non-hydrogen) atoms. The normalized spacial score (nSPS) is 12.7. The largest absolute Gasteiger partial charge is 0.462 e. The molecule has 0 heterocycles. The number of unbranched alkanes of at least 4 members (excludes halogenated alkanes) is 30. The van der Waals surface area contributed by atoms with E-state index in [0.29, 0.717) is 19.3 Å². The van der Waals surface area contributed by atoms with Crippen LogP contribution in [0.4, 0.5) is 0 Å². The molecule has 0 aliphatic carbocycles. The lowest BCUT2D eigenvalue weighted by Crippen LogP contribution is -2.30. The minimum absolute atomic E-state index is 0.0855. The van der Waals surface area contributed by atoms with E-state index in [0.717, 1.165) is 122 Å². The lowest BCUT2D eigenvalue weighted by molar-refractivity contribution is -0.167. The summed E-state index contributed by atoms with van der Waals surface area (Å²) in [5.41, 5.74) is 0. The number of rotatable bonds is 57. The molecule has 0 aliphatic rings. The van der Waals surface area contributed by atoms with Crippen molar-refractivity contribution in [3.8, 4) is 0 Å². The van der Waals surface area contributed by atoms with Crippen molar-refractivity contribution in [1.29, 1.82) is 0 Å². The summed E-state index contributed by atoms with van der Waals surface area (Å²) in [5.74, 6) is -0.899. The van der Waals surface area contributed by atoms with Gasteiger partial charge in [0.15, 0.2) is 6.10 Å². The Morgan fingerprint density at radius 1 is 0.280 bits per heavy atom. The molecule has 0 radical (unpaired) electrons. The Hall–Kier alpha value is -3.67. The highest BCUT2D eigenvalue weighted by atomic mass is 16.6. The SMILES string of the molecule is CC/C=C\C/C=C\C/C=C\C/C=C\CCCCCCCCCCCCC(=O)OCC(COC(=O)CCCCCCC/C=C\C/C=C\C/C=C\CC)OC(=O)CCCCCCCCCCC/C=C\CCCCCCCC. The lowest BCUT2D eigenvalue weighted by atomic mass is 10.0. The summed E-state index contributed by atoms with van der Waals surface area (Å²) in [4.78, 5) is 38.3. The van der Waals surface area contributed by atoms with Gasteiger partial charge in [-0.05, 0) is 116 Å². The zero-order chi connectivity index (χ0) is 54.3. The third kappa shape index (κ3) is 61.1. The van der Waals surface area contributed by atoms with Gasteiger partial charge in [-0.25, -0.2) is 0 Å². The summed E-state index contributed by atoms with van der Waals surface area (Å²) in [5, 5.41) is 0. The van der Waals surface area contributed by atoms with Gasteiger partial charge < -0.3 is 14.2 Å². The number of esters is 3. The summed E-state index contributed by atoms with van der Waals surface area (Å²) in [6, 6.07) is 0. The number of hydrogen-bond donors (Lipinski definition) is 0. The van der Waals surface area contributed by atoms with Crippen LogP contribution < -0.4 is 0 Å². The lowest BCUT2D eigenvalue weighted by Gasteiger charge is -2.18. The topological polar surface area (TPSA) is 78.9 Å². The second-order valence-corrected chi connectivity index (χ2v) is 20.9. The molecule has 0 bridgehead atoms. The Bertz CT molecular complexity index is 1480. The molecule has 0 saturated heterocycles. The minimum Gasteiger partial charge on any atom is -0.462 e. The molecular weight excluding hydrogens is 925 g/mol. The van der Waals surface area contributed by atoms with Gasteiger partial charge in [-0.2, -0.15) is 0 Å². The van der Waals surface area contributed by atoms with E-state index in [2.05, 4.69) is 118 Å². The first-order valence-corrected chi connectivity index (χ1v) is 31.7. The van der Waals surface area contributed by atoms with Gasteiger partial charge in [-0.15, -0.1) is 0 Å². The molecule has 1 atom stereocenters. The highest BCUT2D eigenvalue weighted by molar-refractivity contribution is 5.71. The summed E-state index contributed by atoms with van der Waals surface area (Å²) in [7, 11) is 0. The van der Waals surface area contributed by atoms with Crippen LogP contribution in [-0.4, -0.2) is 37.2 Å². The van der Waals surface area contributed by atoms with Crippen molar-refractivity contribution in [2.45, 2.75) is 309 Å². The maximum atomic E-state index is 12.9. The highest BCUT2D eigenvalue weighted by Crippen LogP contribution is 2.16. The Morgan fingerprint density at radius 3 is 0.827 bits per heavy atom. The van der Waals surface area contributed by atoms with Gasteiger partial charge in [-0.1, -0.05) is 266 Å². The van der Waals surface area contributed by atoms with Crippen LogP contribution in [0.15, 0.2) is 97.2 Å². The third-order valence-corrected chi connectivity index (χ3v) is 13.6. The Labute approximate surface area is 464 Å². The van der Waals surface area contributed by atoms with E-state index in [-0.39, 0.29) is 31.1 Å². The van der Waals surface area contributed by atoms with Crippen molar-refractivity contribution in [3.05, 3.63) is 97.2 Å². The zero-order valence-corrected chi connectivity index (χ0v) is 49.3. The van der Waals surface area contributed by atoms with E-state index in [9.17, 15) is 14.4 Å². The van der Waals surface area contributed by atoms with Gasteiger partial charge in [-0.3, -0.25) is 14.4 Å². The summed E-state index contributed by atoms with van der Waals surface area (Å²) in [6.07, 6.45) is 84.1. The van der Waals surface area contributed by atoms with Gasteiger partial charge in [0.2, 0.25) is 0 Å². The molecular formula is C69H118O6. The van der Waals surface area contributed by atoms with E-state index >= 15 is 0 Å². The van der Waals surface area contributed by atoms with Crippen LogP contribution in [0.25, 0.3) is 0 Å². The van der Waals surface area contributed by atoms with Gasteiger partial charge in [0.25, 0.3) is 0 Å². The Balaban J connectivity index is 4.37.